The van der Waals surface area contributed by atoms with Crippen molar-refractivity contribution in [1.82, 2.24) is 9.78 Å². The monoisotopic (exact) mass is 370 g/mol. The third-order valence-corrected chi connectivity index (χ3v) is 3.90. The molecule has 5 heteroatoms. The van der Waals surface area contributed by atoms with Crippen molar-refractivity contribution in [1.29, 1.82) is 0 Å². The van der Waals surface area contributed by atoms with Crippen LogP contribution in [0.3, 0.4) is 0 Å². The minimum atomic E-state index is -0.0589. The number of benzene rings is 1. The summed E-state index contributed by atoms with van der Waals surface area (Å²) in [7, 11) is 1.65. The van der Waals surface area contributed by atoms with E-state index in [2.05, 4.69) is 27.7 Å². The van der Waals surface area contributed by atoms with Gasteiger partial charge in [0.2, 0.25) is 5.91 Å². The van der Waals surface area contributed by atoms with Gasteiger partial charge in [-0.2, -0.15) is 5.10 Å². The molecule has 2 aromatic rings. The van der Waals surface area contributed by atoms with Crippen LogP contribution in [0.5, 0.6) is 5.75 Å². The molecule has 0 aliphatic rings. The van der Waals surface area contributed by atoms with Gasteiger partial charge in [0.05, 0.1) is 7.11 Å². The number of methoxy groups -OCH3 is 1. The van der Waals surface area contributed by atoms with Gasteiger partial charge in [-0.15, -0.1) is 0 Å². The molecule has 1 heterocycles. The summed E-state index contributed by atoms with van der Waals surface area (Å²) in [6.45, 7) is 3.45. The second-order valence-corrected chi connectivity index (χ2v) is 5.33. The topological polar surface area (TPSA) is 44.1 Å². The Morgan fingerprint density at radius 1 is 1.37 bits per heavy atom. The molecule has 4 nitrogen and oxygen atoms in total. The SMILES string of the molecule is COc1ccc(Cc2c(I)nn(C(C)=O)c2C)cc1. The first kappa shape index (κ1) is 14.0. The van der Waals surface area contributed by atoms with Gasteiger partial charge < -0.3 is 4.74 Å². The van der Waals surface area contributed by atoms with E-state index in [9.17, 15) is 4.79 Å². The van der Waals surface area contributed by atoms with Crippen LogP contribution in [-0.2, 0) is 6.42 Å². The van der Waals surface area contributed by atoms with Crippen LogP contribution in [0.15, 0.2) is 24.3 Å². The van der Waals surface area contributed by atoms with Gasteiger partial charge in [0, 0.05) is 24.6 Å². The van der Waals surface area contributed by atoms with Crippen molar-refractivity contribution in [3.05, 3.63) is 44.8 Å². The van der Waals surface area contributed by atoms with E-state index in [-0.39, 0.29) is 5.91 Å². The third kappa shape index (κ3) is 2.97. The molecular formula is C14H15IN2O2. The van der Waals surface area contributed by atoms with Gasteiger partial charge in [-0.1, -0.05) is 12.1 Å². The fraction of sp³-hybridized carbons (Fsp3) is 0.286. The standard InChI is InChI=1S/C14H15IN2O2/c1-9-13(14(15)16-17(9)10(2)18)8-11-4-6-12(19-3)7-5-11/h4-7H,8H2,1-3H3. The Hall–Kier alpha value is -1.37. The number of hydrogen-bond acceptors (Lipinski definition) is 3. The number of carbonyl (C=O) groups is 1. The van der Waals surface area contributed by atoms with Crippen LogP contribution < -0.4 is 4.74 Å². The molecule has 0 aliphatic heterocycles. The average molecular weight is 370 g/mol. The summed E-state index contributed by atoms with van der Waals surface area (Å²) < 4.78 is 7.47. The van der Waals surface area contributed by atoms with Crippen molar-refractivity contribution in [2.75, 3.05) is 7.11 Å². The summed E-state index contributed by atoms with van der Waals surface area (Å²) in [4.78, 5) is 11.4. The van der Waals surface area contributed by atoms with E-state index in [1.807, 2.05) is 31.2 Å². The van der Waals surface area contributed by atoms with Crippen LogP contribution in [0.1, 0.15) is 28.5 Å². The fourth-order valence-electron chi connectivity index (χ4n) is 1.96. The highest BCUT2D eigenvalue weighted by molar-refractivity contribution is 14.1. The molecule has 0 atom stereocenters. The van der Waals surface area contributed by atoms with Crippen LogP contribution in [0.25, 0.3) is 0 Å². The maximum Gasteiger partial charge on any atom is 0.244 e. The van der Waals surface area contributed by atoms with Gasteiger partial charge >= 0.3 is 0 Å². The zero-order valence-electron chi connectivity index (χ0n) is 11.1. The lowest BCUT2D eigenvalue weighted by molar-refractivity contribution is 0.0918. The number of rotatable bonds is 3. The largest absolute Gasteiger partial charge is 0.497 e. The Morgan fingerprint density at radius 3 is 2.47 bits per heavy atom. The van der Waals surface area contributed by atoms with E-state index in [1.165, 1.54) is 17.2 Å². The predicted octanol–water partition coefficient (Wildman–Crippen LogP) is 3.06. The smallest absolute Gasteiger partial charge is 0.244 e. The molecule has 0 saturated heterocycles. The lowest BCUT2D eigenvalue weighted by Crippen LogP contribution is -2.09. The van der Waals surface area contributed by atoms with Crippen LogP contribution in [-0.4, -0.2) is 22.8 Å². The zero-order valence-corrected chi connectivity index (χ0v) is 13.3. The molecule has 0 aliphatic carbocycles. The molecule has 0 radical (unpaired) electrons. The van der Waals surface area contributed by atoms with Crippen molar-refractivity contribution in [3.8, 4) is 5.75 Å². The van der Waals surface area contributed by atoms with Crippen molar-refractivity contribution in [2.45, 2.75) is 20.3 Å². The Morgan fingerprint density at radius 2 is 2.00 bits per heavy atom. The van der Waals surface area contributed by atoms with Crippen molar-refractivity contribution in [3.63, 3.8) is 0 Å². The molecule has 1 aromatic carbocycles. The Bertz CT molecular complexity index is 603. The molecule has 2 rings (SSSR count). The summed E-state index contributed by atoms with van der Waals surface area (Å²) in [5.74, 6) is 0.783. The number of ether oxygens (including phenoxy) is 1. The zero-order chi connectivity index (χ0) is 14.0. The minimum Gasteiger partial charge on any atom is -0.497 e. The molecule has 19 heavy (non-hydrogen) atoms. The number of nitrogens with zero attached hydrogens (tertiary/aromatic N) is 2. The molecule has 0 unspecified atom stereocenters. The highest BCUT2D eigenvalue weighted by Gasteiger charge is 2.15. The van der Waals surface area contributed by atoms with Gasteiger partial charge in [-0.25, -0.2) is 4.68 Å². The molecule has 0 saturated carbocycles. The second kappa shape index (κ2) is 5.73. The van der Waals surface area contributed by atoms with E-state index >= 15 is 0 Å². The Labute approximate surface area is 125 Å². The highest BCUT2D eigenvalue weighted by Crippen LogP contribution is 2.21. The van der Waals surface area contributed by atoms with Crippen LogP contribution in [0.4, 0.5) is 0 Å². The Kier molecular flexibility index (Phi) is 4.24. The minimum absolute atomic E-state index is 0.0589. The van der Waals surface area contributed by atoms with Gasteiger partial charge in [-0.3, -0.25) is 4.79 Å². The molecule has 0 spiro atoms. The Balaban J connectivity index is 2.30. The maximum absolute atomic E-state index is 11.4. The first-order chi connectivity index (χ1) is 9.02. The molecule has 1 aromatic heterocycles. The number of aromatic nitrogens is 2. The van der Waals surface area contributed by atoms with E-state index < -0.39 is 0 Å². The summed E-state index contributed by atoms with van der Waals surface area (Å²) in [6.07, 6.45) is 0.765. The number of carbonyl (C=O) groups excluding carboxylic acids is 1. The first-order valence-corrected chi connectivity index (χ1v) is 6.98. The van der Waals surface area contributed by atoms with Crippen molar-refractivity contribution < 1.29 is 9.53 Å². The van der Waals surface area contributed by atoms with Crippen LogP contribution in [0.2, 0.25) is 0 Å². The molecule has 0 N–H and O–H groups in total. The quantitative estimate of drug-likeness (QED) is 0.781. The maximum atomic E-state index is 11.4. The van der Waals surface area contributed by atoms with Gasteiger partial charge in [0.1, 0.15) is 9.45 Å². The van der Waals surface area contributed by atoms with Crippen LogP contribution >= 0.6 is 22.6 Å². The molecule has 0 bridgehead atoms. The number of halogens is 1. The fourth-order valence-corrected chi connectivity index (χ4v) is 2.75. The summed E-state index contributed by atoms with van der Waals surface area (Å²) in [5, 5.41) is 4.27. The lowest BCUT2D eigenvalue weighted by Gasteiger charge is -2.04. The normalized spacial score (nSPS) is 10.5. The first-order valence-electron chi connectivity index (χ1n) is 5.90. The van der Waals surface area contributed by atoms with E-state index in [0.29, 0.717) is 0 Å². The molecule has 100 valence electrons. The van der Waals surface area contributed by atoms with Crippen molar-refractivity contribution >= 4 is 28.5 Å². The predicted molar refractivity (Wildman–Crippen MR) is 81.8 cm³/mol. The highest BCUT2D eigenvalue weighted by atomic mass is 127. The van der Waals surface area contributed by atoms with Gasteiger partial charge in [0.25, 0.3) is 0 Å². The van der Waals surface area contributed by atoms with E-state index in [4.69, 9.17) is 4.74 Å². The lowest BCUT2D eigenvalue weighted by atomic mass is 10.1. The molecule has 0 amide bonds. The third-order valence-electron chi connectivity index (χ3n) is 3.03. The summed E-state index contributed by atoms with van der Waals surface area (Å²) >= 11 is 2.17. The second-order valence-electron chi connectivity index (χ2n) is 4.31. The van der Waals surface area contributed by atoms with E-state index in [1.54, 1.807) is 7.11 Å². The number of hydrogen-bond donors (Lipinski definition) is 0. The summed E-state index contributed by atoms with van der Waals surface area (Å²) in [6, 6.07) is 7.93. The summed E-state index contributed by atoms with van der Waals surface area (Å²) in [5.41, 5.74) is 3.18. The van der Waals surface area contributed by atoms with Crippen molar-refractivity contribution in [2.24, 2.45) is 0 Å². The van der Waals surface area contributed by atoms with Gasteiger partial charge in [-0.05, 0) is 47.2 Å². The molecular weight excluding hydrogens is 355 g/mol. The van der Waals surface area contributed by atoms with Crippen LogP contribution in [0, 0.1) is 10.6 Å². The average Bonchev–Trinajstić information content (AvgIpc) is 2.68. The molecule has 0 fully saturated rings. The van der Waals surface area contributed by atoms with E-state index in [0.717, 1.165) is 27.1 Å². The van der Waals surface area contributed by atoms with Gasteiger partial charge in [0.15, 0.2) is 0 Å².